The van der Waals surface area contributed by atoms with Crippen LogP contribution in [0.25, 0.3) is 0 Å². The molecule has 0 aliphatic carbocycles. The first-order valence-electron chi connectivity index (χ1n) is 6.70. The Kier molecular flexibility index (Phi) is 6.23. The Balaban J connectivity index is 2.72. The van der Waals surface area contributed by atoms with Gasteiger partial charge in [0.25, 0.3) is 0 Å². The maximum Gasteiger partial charge on any atom is 0.0236 e. The van der Waals surface area contributed by atoms with Gasteiger partial charge in [-0.3, -0.25) is 4.90 Å². The Hall–Kier alpha value is -0.860. The summed E-state index contributed by atoms with van der Waals surface area (Å²) >= 11 is 0. The van der Waals surface area contributed by atoms with E-state index >= 15 is 0 Å². The summed E-state index contributed by atoms with van der Waals surface area (Å²) in [7, 11) is 2.22. The molecule has 0 spiro atoms. The van der Waals surface area contributed by atoms with Gasteiger partial charge < -0.3 is 5.73 Å². The fourth-order valence-electron chi connectivity index (χ4n) is 2.42. The molecule has 0 saturated carbocycles. The van der Waals surface area contributed by atoms with Gasteiger partial charge in [0.15, 0.2) is 0 Å². The van der Waals surface area contributed by atoms with Crippen LogP contribution in [0.5, 0.6) is 0 Å². The van der Waals surface area contributed by atoms with Gasteiger partial charge in [-0.1, -0.05) is 38.1 Å². The molecule has 0 aliphatic rings. The van der Waals surface area contributed by atoms with Crippen LogP contribution < -0.4 is 5.73 Å². The van der Waals surface area contributed by atoms with Crippen molar-refractivity contribution in [3.63, 3.8) is 0 Å². The summed E-state index contributed by atoms with van der Waals surface area (Å²) in [6.45, 7) is 6.28. The van der Waals surface area contributed by atoms with Gasteiger partial charge in [-0.05, 0) is 44.0 Å². The highest BCUT2D eigenvalue weighted by Crippen LogP contribution is 2.15. The third kappa shape index (κ3) is 4.14. The molecule has 0 bridgehead atoms. The number of rotatable bonds is 7. The summed E-state index contributed by atoms with van der Waals surface area (Å²) in [5.41, 5.74) is 8.48. The van der Waals surface area contributed by atoms with E-state index in [1.807, 2.05) is 0 Å². The Labute approximate surface area is 106 Å². The van der Waals surface area contributed by atoms with Crippen molar-refractivity contribution in [2.45, 2.75) is 45.7 Å². The lowest BCUT2D eigenvalue weighted by molar-refractivity contribution is 0.221. The molecule has 1 rings (SSSR count). The fraction of sp³-hybridized carbons (Fsp3) is 0.600. The lowest BCUT2D eigenvalue weighted by atomic mass is 10.0. The van der Waals surface area contributed by atoms with Crippen LogP contribution in [0.15, 0.2) is 24.3 Å². The minimum Gasteiger partial charge on any atom is -0.330 e. The Morgan fingerprint density at radius 2 is 1.71 bits per heavy atom. The number of hydrogen-bond donors (Lipinski definition) is 1. The van der Waals surface area contributed by atoms with Crippen molar-refractivity contribution >= 4 is 0 Å². The van der Waals surface area contributed by atoms with Gasteiger partial charge in [-0.2, -0.15) is 0 Å². The monoisotopic (exact) mass is 234 g/mol. The highest BCUT2D eigenvalue weighted by Gasteiger charge is 2.12. The van der Waals surface area contributed by atoms with Crippen molar-refractivity contribution in [2.24, 2.45) is 5.73 Å². The van der Waals surface area contributed by atoms with Crippen molar-refractivity contribution in [1.29, 1.82) is 0 Å². The molecule has 2 heteroatoms. The Morgan fingerprint density at radius 3 is 2.24 bits per heavy atom. The molecule has 17 heavy (non-hydrogen) atoms. The quantitative estimate of drug-likeness (QED) is 0.786. The molecule has 0 heterocycles. The fourth-order valence-corrected chi connectivity index (χ4v) is 2.42. The van der Waals surface area contributed by atoms with E-state index in [1.165, 1.54) is 24.0 Å². The van der Waals surface area contributed by atoms with Crippen LogP contribution in [0, 0.1) is 0 Å². The minimum atomic E-state index is 0.681. The van der Waals surface area contributed by atoms with E-state index in [0.29, 0.717) is 6.04 Å². The summed E-state index contributed by atoms with van der Waals surface area (Å²) in [5.74, 6) is 0. The highest BCUT2D eigenvalue weighted by molar-refractivity contribution is 5.27. The average molecular weight is 234 g/mol. The van der Waals surface area contributed by atoms with Gasteiger partial charge in [-0.15, -0.1) is 0 Å². The molecular formula is C15H26N2. The van der Waals surface area contributed by atoms with E-state index in [2.05, 4.69) is 50.1 Å². The average Bonchev–Trinajstić information content (AvgIpc) is 2.33. The van der Waals surface area contributed by atoms with Crippen LogP contribution in [0.3, 0.4) is 0 Å². The van der Waals surface area contributed by atoms with E-state index in [1.54, 1.807) is 0 Å². The van der Waals surface area contributed by atoms with Crippen molar-refractivity contribution < 1.29 is 0 Å². The van der Waals surface area contributed by atoms with Crippen LogP contribution in [0.1, 0.15) is 37.8 Å². The first-order valence-corrected chi connectivity index (χ1v) is 6.70. The van der Waals surface area contributed by atoms with Gasteiger partial charge >= 0.3 is 0 Å². The summed E-state index contributed by atoms with van der Waals surface area (Å²) < 4.78 is 0. The topological polar surface area (TPSA) is 29.3 Å². The number of nitrogens with two attached hydrogens (primary N) is 1. The Bertz CT molecular complexity index is 318. The number of hydrogen-bond acceptors (Lipinski definition) is 2. The molecule has 0 aliphatic heterocycles. The van der Waals surface area contributed by atoms with E-state index in [9.17, 15) is 0 Å². The van der Waals surface area contributed by atoms with Crippen molar-refractivity contribution in [3.8, 4) is 0 Å². The van der Waals surface area contributed by atoms with Gasteiger partial charge in [0.1, 0.15) is 0 Å². The molecule has 0 saturated heterocycles. The normalized spacial score (nSPS) is 11.4. The molecule has 2 nitrogen and oxygen atoms in total. The molecule has 0 radical (unpaired) electrons. The van der Waals surface area contributed by atoms with Crippen LogP contribution in [0.4, 0.5) is 0 Å². The highest BCUT2D eigenvalue weighted by atomic mass is 15.1. The third-order valence-corrected chi connectivity index (χ3v) is 3.52. The molecule has 1 aromatic rings. The SMILES string of the molecule is CCC(CC)N(C)Cc1ccccc1CCN. The zero-order valence-corrected chi connectivity index (χ0v) is 11.4. The molecular weight excluding hydrogens is 208 g/mol. The van der Waals surface area contributed by atoms with E-state index in [-0.39, 0.29) is 0 Å². The molecule has 0 aromatic heterocycles. The van der Waals surface area contributed by atoms with Crippen molar-refractivity contribution in [2.75, 3.05) is 13.6 Å². The second kappa shape index (κ2) is 7.46. The first-order chi connectivity index (χ1) is 8.22. The summed E-state index contributed by atoms with van der Waals surface area (Å²) in [6, 6.07) is 9.33. The maximum absolute atomic E-state index is 5.66. The zero-order valence-electron chi connectivity index (χ0n) is 11.4. The van der Waals surface area contributed by atoms with Gasteiger partial charge in [0, 0.05) is 12.6 Å². The molecule has 1 aromatic carbocycles. The molecule has 0 unspecified atom stereocenters. The lowest BCUT2D eigenvalue weighted by Crippen LogP contribution is -2.30. The standard InChI is InChI=1S/C15H26N2/c1-4-15(5-2)17(3)12-14-9-7-6-8-13(14)10-11-16/h6-9,15H,4-5,10-12,16H2,1-3H3. The molecule has 96 valence electrons. The van der Waals surface area contributed by atoms with Gasteiger partial charge in [-0.25, -0.2) is 0 Å². The summed E-state index contributed by atoms with van der Waals surface area (Å²) in [6.07, 6.45) is 3.41. The number of nitrogens with zero attached hydrogens (tertiary/aromatic N) is 1. The smallest absolute Gasteiger partial charge is 0.0236 e. The summed E-state index contributed by atoms with van der Waals surface area (Å²) in [4.78, 5) is 2.45. The first kappa shape index (κ1) is 14.2. The van der Waals surface area contributed by atoms with Crippen LogP contribution >= 0.6 is 0 Å². The second-order valence-corrected chi connectivity index (χ2v) is 4.69. The molecule has 0 fully saturated rings. The van der Waals surface area contributed by atoms with Crippen LogP contribution in [0.2, 0.25) is 0 Å². The van der Waals surface area contributed by atoms with Crippen LogP contribution in [-0.4, -0.2) is 24.5 Å². The minimum absolute atomic E-state index is 0.681. The summed E-state index contributed by atoms with van der Waals surface area (Å²) in [5, 5.41) is 0. The zero-order chi connectivity index (χ0) is 12.7. The predicted molar refractivity (Wildman–Crippen MR) is 75.0 cm³/mol. The molecule has 0 atom stereocenters. The van der Waals surface area contributed by atoms with Crippen molar-refractivity contribution in [1.82, 2.24) is 4.90 Å². The molecule has 2 N–H and O–H groups in total. The van der Waals surface area contributed by atoms with E-state index in [4.69, 9.17) is 5.73 Å². The lowest BCUT2D eigenvalue weighted by Gasteiger charge is -2.27. The largest absolute Gasteiger partial charge is 0.330 e. The number of benzene rings is 1. The van der Waals surface area contributed by atoms with Gasteiger partial charge in [0.05, 0.1) is 0 Å². The van der Waals surface area contributed by atoms with Gasteiger partial charge in [0.2, 0.25) is 0 Å². The van der Waals surface area contributed by atoms with Crippen LogP contribution in [-0.2, 0) is 13.0 Å². The predicted octanol–water partition coefficient (Wildman–Crippen LogP) is 2.81. The van der Waals surface area contributed by atoms with E-state index in [0.717, 1.165) is 19.5 Å². The third-order valence-electron chi connectivity index (χ3n) is 3.52. The second-order valence-electron chi connectivity index (χ2n) is 4.69. The Morgan fingerprint density at radius 1 is 1.12 bits per heavy atom. The van der Waals surface area contributed by atoms with Crippen molar-refractivity contribution in [3.05, 3.63) is 35.4 Å². The maximum atomic E-state index is 5.66. The van der Waals surface area contributed by atoms with E-state index < -0.39 is 0 Å². The molecule has 0 amide bonds.